The molecule has 0 radical (unpaired) electrons. The van der Waals surface area contributed by atoms with Gasteiger partial charge in [0.15, 0.2) is 11.5 Å². The molecule has 104 valence electrons. The van der Waals surface area contributed by atoms with E-state index in [1.165, 1.54) is 19.3 Å². The number of aryl methyl sites for hydroxylation is 1. The number of rotatable bonds is 3. The number of benzene rings is 1. The van der Waals surface area contributed by atoms with Crippen molar-refractivity contribution in [2.75, 3.05) is 6.54 Å². The van der Waals surface area contributed by atoms with Crippen LogP contribution in [0.3, 0.4) is 0 Å². The zero-order valence-electron chi connectivity index (χ0n) is 10.6. The molecular formula is C14H17F2NO2. The molecular weight excluding hydrogens is 252 g/mol. The Balaban J connectivity index is 1.60. The van der Waals surface area contributed by atoms with Crippen LogP contribution in [0.2, 0.25) is 0 Å². The van der Waals surface area contributed by atoms with Crippen LogP contribution in [0, 0.1) is 0 Å². The number of hydrogen-bond donors (Lipinski definition) is 1. The minimum Gasteiger partial charge on any atom is -0.395 e. The molecule has 1 aromatic carbocycles. The first kappa shape index (κ1) is 12.7. The van der Waals surface area contributed by atoms with E-state index in [0.717, 1.165) is 24.9 Å². The number of piperidine rings is 1. The molecule has 19 heavy (non-hydrogen) atoms. The monoisotopic (exact) mass is 269 g/mol. The summed E-state index contributed by atoms with van der Waals surface area (Å²) in [4.78, 5) is 0. The third-order valence-electron chi connectivity index (χ3n) is 3.66. The lowest BCUT2D eigenvalue weighted by Gasteiger charge is -2.23. The van der Waals surface area contributed by atoms with Gasteiger partial charge < -0.3 is 14.8 Å². The van der Waals surface area contributed by atoms with E-state index in [0.29, 0.717) is 6.04 Å². The maximum Gasteiger partial charge on any atom is 0.586 e. The fourth-order valence-corrected chi connectivity index (χ4v) is 2.66. The number of fused-ring (bicyclic) bond motifs is 1. The van der Waals surface area contributed by atoms with E-state index in [-0.39, 0.29) is 11.5 Å². The predicted octanol–water partition coefficient (Wildman–Crippen LogP) is 3.08. The molecule has 3 nitrogen and oxygen atoms in total. The van der Waals surface area contributed by atoms with E-state index in [4.69, 9.17) is 0 Å². The summed E-state index contributed by atoms with van der Waals surface area (Å²) in [5, 5.41) is 3.48. The van der Waals surface area contributed by atoms with E-state index in [1.807, 2.05) is 6.07 Å². The fraction of sp³-hybridized carbons (Fsp3) is 0.571. The second-order valence-electron chi connectivity index (χ2n) is 5.13. The van der Waals surface area contributed by atoms with Crippen LogP contribution in [-0.4, -0.2) is 18.9 Å². The maximum absolute atomic E-state index is 12.9. The Labute approximate surface area is 110 Å². The molecule has 2 aliphatic heterocycles. The Morgan fingerprint density at radius 1 is 1.21 bits per heavy atom. The number of hydrogen-bond acceptors (Lipinski definition) is 3. The van der Waals surface area contributed by atoms with Crippen LogP contribution >= 0.6 is 0 Å². The van der Waals surface area contributed by atoms with Crippen LogP contribution in [0.5, 0.6) is 11.5 Å². The van der Waals surface area contributed by atoms with Gasteiger partial charge in [0.25, 0.3) is 0 Å². The van der Waals surface area contributed by atoms with E-state index < -0.39 is 6.29 Å². The highest BCUT2D eigenvalue weighted by molar-refractivity contribution is 5.45. The van der Waals surface area contributed by atoms with Gasteiger partial charge >= 0.3 is 6.29 Å². The van der Waals surface area contributed by atoms with Crippen molar-refractivity contribution in [1.29, 1.82) is 0 Å². The van der Waals surface area contributed by atoms with Crippen molar-refractivity contribution in [3.8, 4) is 11.5 Å². The fourth-order valence-electron chi connectivity index (χ4n) is 2.66. The lowest BCUT2D eigenvalue weighted by Crippen LogP contribution is -2.34. The van der Waals surface area contributed by atoms with Gasteiger partial charge in [-0.25, -0.2) is 0 Å². The second-order valence-corrected chi connectivity index (χ2v) is 5.13. The lowest BCUT2D eigenvalue weighted by molar-refractivity contribution is -0.286. The summed E-state index contributed by atoms with van der Waals surface area (Å²) >= 11 is 0. The summed E-state index contributed by atoms with van der Waals surface area (Å²) in [6.07, 6.45) is 2.07. The van der Waals surface area contributed by atoms with Crippen molar-refractivity contribution in [3.05, 3.63) is 23.8 Å². The average molecular weight is 269 g/mol. The van der Waals surface area contributed by atoms with Crippen molar-refractivity contribution in [2.45, 2.75) is 44.4 Å². The summed E-state index contributed by atoms with van der Waals surface area (Å²) in [6, 6.07) is 5.58. The van der Waals surface area contributed by atoms with Gasteiger partial charge in [-0.05, 0) is 49.9 Å². The molecule has 0 bridgehead atoms. The smallest absolute Gasteiger partial charge is 0.395 e. The Hall–Kier alpha value is -1.36. The summed E-state index contributed by atoms with van der Waals surface area (Å²) in [5.74, 6) is 0.253. The average Bonchev–Trinajstić information content (AvgIpc) is 2.70. The van der Waals surface area contributed by atoms with E-state index in [9.17, 15) is 8.78 Å². The predicted molar refractivity (Wildman–Crippen MR) is 66.6 cm³/mol. The van der Waals surface area contributed by atoms with Gasteiger partial charge in [0.2, 0.25) is 0 Å². The molecule has 1 atom stereocenters. The van der Waals surface area contributed by atoms with Gasteiger partial charge in [0.1, 0.15) is 0 Å². The van der Waals surface area contributed by atoms with Crippen molar-refractivity contribution in [1.82, 2.24) is 5.32 Å². The van der Waals surface area contributed by atoms with Crippen molar-refractivity contribution >= 4 is 0 Å². The standard InChI is InChI=1S/C14H17F2NO2/c15-14(16)18-12-7-5-10(9-13(12)19-14)4-6-11-3-1-2-8-17-11/h5,7,9,11,17H,1-4,6,8H2. The zero-order valence-corrected chi connectivity index (χ0v) is 10.6. The van der Waals surface area contributed by atoms with Gasteiger partial charge in [0, 0.05) is 6.04 Å². The van der Waals surface area contributed by atoms with Gasteiger partial charge in [0.05, 0.1) is 0 Å². The number of ether oxygens (including phenoxy) is 2. The zero-order chi connectivity index (χ0) is 13.3. The molecule has 1 aromatic rings. The summed E-state index contributed by atoms with van der Waals surface area (Å²) in [5.41, 5.74) is 1.01. The molecule has 2 aliphatic rings. The molecule has 1 saturated heterocycles. The minimum atomic E-state index is -3.52. The topological polar surface area (TPSA) is 30.5 Å². The van der Waals surface area contributed by atoms with Gasteiger partial charge in [-0.1, -0.05) is 12.5 Å². The Morgan fingerprint density at radius 2 is 2.05 bits per heavy atom. The SMILES string of the molecule is FC1(F)Oc2ccc(CCC3CCCCN3)cc2O1. The van der Waals surface area contributed by atoms with E-state index in [1.54, 1.807) is 12.1 Å². The second kappa shape index (κ2) is 4.96. The first-order valence-electron chi connectivity index (χ1n) is 6.74. The quantitative estimate of drug-likeness (QED) is 0.914. The lowest BCUT2D eigenvalue weighted by atomic mass is 9.98. The van der Waals surface area contributed by atoms with Gasteiger partial charge in [-0.3, -0.25) is 0 Å². The van der Waals surface area contributed by atoms with E-state index in [2.05, 4.69) is 14.8 Å². The molecule has 1 N–H and O–H groups in total. The highest BCUT2D eigenvalue weighted by Gasteiger charge is 2.43. The molecule has 3 rings (SSSR count). The van der Waals surface area contributed by atoms with Gasteiger partial charge in [-0.2, -0.15) is 0 Å². The summed E-state index contributed by atoms with van der Waals surface area (Å²) < 4.78 is 34.6. The molecule has 1 unspecified atom stereocenters. The molecule has 0 amide bonds. The summed E-state index contributed by atoms with van der Waals surface area (Å²) in [7, 11) is 0. The Bertz CT molecular complexity index is 459. The number of nitrogens with one attached hydrogen (secondary N) is 1. The van der Waals surface area contributed by atoms with Crippen LogP contribution in [-0.2, 0) is 6.42 Å². The van der Waals surface area contributed by atoms with Crippen LogP contribution in [0.4, 0.5) is 8.78 Å². The van der Waals surface area contributed by atoms with Crippen LogP contribution in [0.25, 0.3) is 0 Å². The third kappa shape index (κ3) is 2.97. The van der Waals surface area contributed by atoms with Crippen molar-refractivity contribution in [2.24, 2.45) is 0 Å². The molecule has 0 aliphatic carbocycles. The molecule has 2 heterocycles. The first-order chi connectivity index (χ1) is 9.12. The normalized spacial score (nSPS) is 24.4. The van der Waals surface area contributed by atoms with Crippen molar-refractivity contribution < 1.29 is 18.3 Å². The first-order valence-corrected chi connectivity index (χ1v) is 6.74. The molecule has 0 aromatic heterocycles. The van der Waals surface area contributed by atoms with Crippen LogP contribution < -0.4 is 14.8 Å². The largest absolute Gasteiger partial charge is 0.586 e. The highest BCUT2D eigenvalue weighted by Crippen LogP contribution is 2.41. The minimum absolute atomic E-state index is 0.115. The highest BCUT2D eigenvalue weighted by atomic mass is 19.3. The summed E-state index contributed by atoms with van der Waals surface area (Å²) in [6.45, 7) is 1.08. The van der Waals surface area contributed by atoms with Crippen LogP contribution in [0.1, 0.15) is 31.2 Å². The molecule has 5 heteroatoms. The third-order valence-corrected chi connectivity index (χ3v) is 3.66. The number of halogens is 2. The molecule has 0 spiro atoms. The van der Waals surface area contributed by atoms with E-state index >= 15 is 0 Å². The Morgan fingerprint density at radius 3 is 2.84 bits per heavy atom. The maximum atomic E-state index is 12.9. The number of alkyl halides is 2. The van der Waals surface area contributed by atoms with Gasteiger partial charge in [-0.15, -0.1) is 8.78 Å². The van der Waals surface area contributed by atoms with Crippen LogP contribution in [0.15, 0.2) is 18.2 Å². The molecule has 1 fully saturated rings. The Kier molecular flexibility index (Phi) is 3.31. The molecule has 0 saturated carbocycles. The van der Waals surface area contributed by atoms with Crippen molar-refractivity contribution in [3.63, 3.8) is 0 Å².